The summed E-state index contributed by atoms with van der Waals surface area (Å²) in [5.41, 5.74) is 1.58. The van der Waals surface area contributed by atoms with E-state index < -0.39 is 6.23 Å². The van der Waals surface area contributed by atoms with E-state index in [4.69, 9.17) is 4.74 Å². The fourth-order valence-electron chi connectivity index (χ4n) is 6.29. The standard InChI is InChI=1S/C23H39N3O2/c1-22(2)17-10-11-18(23(22,3)12-17)13-24-20(27)19-14-25-26(4)21(19)28-15-16-8-6-5-7-9-16/h14,16-18,20,24,27H,5-13,15H2,1-4H3. The van der Waals surface area contributed by atoms with Gasteiger partial charge in [0, 0.05) is 13.6 Å². The Morgan fingerprint density at radius 2 is 1.96 bits per heavy atom. The van der Waals surface area contributed by atoms with Crippen molar-refractivity contribution in [3.8, 4) is 5.88 Å². The Balaban J connectivity index is 1.35. The molecule has 0 radical (unpaired) electrons. The maximum atomic E-state index is 10.9. The van der Waals surface area contributed by atoms with Crippen molar-refractivity contribution in [3.05, 3.63) is 11.8 Å². The first kappa shape index (κ1) is 20.2. The van der Waals surface area contributed by atoms with Crippen LogP contribution < -0.4 is 10.1 Å². The van der Waals surface area contributed by atoms with E-state index in [2.05, 4.69) is 31.2 Å². The summed E-state index contributed by atoms with van der Waals surface area (Å²) in [6.07, 6.45) is 11.5. The molecule has 5 rings (SSSR count). The Kier molecular flexibility index (Phi) is 5.51. The zero-order chi connectivity index (χ0) is 19.9. The van der Waals surface area contributed by atoms with Crippen LogP contribution >= 0.6 is 0 Å². The van der Waals surface area contributed by atoms with E-state index >= 15 is 0 Å². The van der Waals surface area contributed by atoms with Crippen LogP contribution in [0.2, 0.25) is 0 Å². The number of nitrogens with one attached hydrogen (secondary N) is 1. The first-order valence-electron chi connectivity index (χ1n) is 11.4. The second kappa shape index (κ2) is 7.64. The fourth-order valence-corrected chi connectivity index (χ4v) is 6.29. The first-order chi connectivity index (χ1) is 13.3. The Bertz CT molecular complexity index is 679. The van der Waals surface area contributed by atoms with Gasteiger partial charge in [0.05, 0.1) is 18.4 Å². The number of hydrogen-bond donors (Lipinski definition) is 2. The van der Waals surface area contributed by atoms with Crippen LogP contribution in [0, 0.1) is 28.6 Å². The third-order valence-corrected chi connectivity index (χ3v) is 8.87. The highest BCUT2D eigenvalue weighted by Crippen LogP contribution is 2.69. The highest BCUT2D eigenvalue weighted by molar-refractivity contribution is 5.26. The molecule has 1 aromatic rings. The number of fused-ring (bicyclic) bond motifs is 2. The largest absolute Gasteiger partial charge is 0.477 e. The third-order valence-electron chi connectivity index (χ3n) is 8.87. The Labute approximate surface area is 170 Å². The van der Waals surface area contributed by atoms with Gasteiger partial charge in [0.25, 0.3) is 0 Å². The first-order valence-corrected chi connectivity index (χ1v) is 11.4. The number of rotatable bonds is 7. The lowest BCUT2D eigenvalue weighted by molar-refractivity contribution is -0.186. The normalized spacial score (nSPS) is 33.3. The summed E-state index contributed by atoms with van der Waals surface area (Å²) in [4.78, 5) is 0. The smallest absolute Gasteiger partial charge is 0.218 e. The Hall–Kier alpha value is -1.07. The Morgan fingerprint density at radius 1 is 1.21 bits per heavy atom. The minimum Gasteiger partial charge on any atom is -0.477 e. The average molecular weight is 390 g/mol. The highest BCUT2D eigenvalue weighted by Gasteiger charge is 2.62. The van der Waals surface area contributed by atoms with Crippen LogP contribution in [-0.4, -0.2) is 28.0 Å². The molecule has 0 saturated heterocycles. The quantitative estimate of drug-likeness (QED) is 0.678. The van der Waals surface area contributed by atoms with Crippen LogP contribution in [0.5, 0.6) is 5.88 Å². The van der Waals surface area contributed by atoms with Crippen molar-refractivity contribution in [2.24, 2.45) is 35.6 Å². The molecule has 1 aromatic heterocycles. The number of aliphatic hydroxyl groups is 1. The van der Waals surface area contributed by atoms with Crippen molar-refractivity contribution in [2.75, 3.05) is 13.2 Å². The van der Waals surface area contributed by atoms with Gasteiger partial charge in [-0.15, -0.1) is 0 Å². The summed E-state index contributed by atoms with van der Waals surface area (Å²) in [5.74, 6) is 2.85. The van der Waals surface area contributed by atoms with Crippen LogP contribution in [0.4, 0.5) is 0 Å². The van der Waals surface area contributed by atoms with Gasteiger partial charge in [0.15, 0.2) is 0 Å². The van der Waals surface area contributed by atoms with Crippen molar-refractivity contribution in [2.45, 2.75) is 78.4 Å². The van der Waals surface area contributed by atoms with Crippen molar-refractivity contribution < 1.29 is 9.84 Å². The van der Waals surface area contributed by atoms with E-state index in [0.29, 0.717) is 28.5 Å². The molecule has 5 nitrogen and oxygen atoms in total. The molecule has 4 atom stereocenters. The van der Waals surface area contributed by atoms with Crippen LogP contribution in [0.3, 0.4) is 0 Å². The summed E-state index contributed by atoms with van der Waals surface area (Å²) >= 11 is 0. The number of nitrogens with zero attached hydrogens (tertiary/aromatic N) is 2. The molecule has 0 spiro atoms. The lowest BCUT2D eigenvalue weighted by atomic mass is 9.37. The van der Waals surface area contributed by atoms with Gasteiger partial charge >= 0.3 is 0 Å². The Morgan fingerprint density at radius 3 is 2.68 bits per heavy atom. The molecule has 158 valence electrons. The molecule has 4 fully saturated rings. The second-order valence-corrected chi connectivity index (χ2v) is 10.5. The zero-order valence-electron chi connectivity index (χ0n) is 18.2. The van der Waals surface area contributed by atoms with Crippen molar-refractivity contribution in [1.82, 2.24) is 15.1 Å². The molecule has 2 N–H and O–H groups in total. The van der Waals surface area contributed by atoms with E-state index in [1.165, 1.54) is 51.4 Å². The number of ether oxygens (including phenoxy) is 1. The number of aromatic nitrogens is 2. The lowest BCUT2D eigenvalue weighted by Gasteiger charge is -2.68. The molecule has 1 heterocycles. The molecular formula is C23H39N3O2. The van der Waals surface area contributed by atoms with Crippen molar-refractivity contribution in [1.29, 1.82) is 0 Å². The minimum absolute atomic E-state index is 0.387. The van der Waals surface area contributed by atoms with Gasteiger partial charge in [0.2, 0.25) is 5.88 Å². The number of aryl methyl sites for hydroxylation is 1. The van der Waals surface area contributed by atoms with E-state index in [0.717, 1.165) is 24.6 Å². The monoisotopic (exact) mass is 389 g/mol. The summed E-state index contributed by atoms with van der Waals surface area (Å²) in [6.45, 7) is 8.90. The van der Waals surface area contributed by atoms with Crippen LogP contribution in [0.25, 0.3) is 0 Å². The summed E-state index contributed by atoms with van der Waals surface area (Å²) in [6, 6.07) is 0. The van der Waals surface area contributed by atoms with E-state index in [9.17, 15) is 5.11 Å². The van der Waals surface area contributed by atoms with Crippen LogP contribution in [0.1, 0.15) is 83.9 Å². The molecule has 0 amide bonds. The zero-order valence-corrected chi connectivity index (χ0v) is 18.2. The highest BCUT2D eigenvalue weighted by atomic mass is 16.5. The van der Waals surface area contributed by atoms with E-state index in [1.54, 1.807) is 10.9 Å². The molecular weight excluding hydrogens is 350 g/mol. The molecule has 0 aromatic carbocycles. The van der Waals surface area contributed by atoms with Crippen molar-refractivity contribution in [3.63, 3.8) is 0 Å². The molecule has 0 aliphatic heterocycles. The van der Waals surface area contributed by atoms with E-state index in [1.807, 2.05) is 7.05 Å². The second-order valence-electron chi connectivity index (χ2n) is 10.5. The minimum atomic E-state index is -0.723. The molecule has 28 heavy (non-hydrogen) atoms. The molecule has 5 heteroatoms. The fraction of sp³-hybridized carbons (Fsp3) is 0.870. The summed E-state index contributed by atoms with van der Waals surface area (Å²) in [5, 5.41) is 18.6. The predicted molar refractivity (Wildman–Crippen MR) is 111 cm³/mol. The maximum Gasteiger partial charge on any atom is 0.218 e. The van der Waals surface area contributed by atoms with E-state index in [-0.39, 0.29) is 0 Å². The average Bonchev–Trinajstić information content (AvgIpc) is 3.06. The number of hydrogen-bond acceptors (Lipinski definition) is 4. The lowest BCUT2D eigenvalue weighted by Crippen LogP contribution is -2.62. The molecule has 4 aliphatic rings. The van der Waals surface area contributed by atoms with Gasteiger partial charge in [-0.2, -0.15) is 5.10 Å². The number of aliphatic hydroxyl groups excluding tert-OH is 1. The van der Waals surface area contributed by atoms with Gasteiger partial charge in [-0.1, -0.05) is 40.0 Å². The van der Waals surface area contributed by atoms with Gasteiger partial charge in [-0.3, -0.25) is 5.32 Å². The maximum absolute atomic E-state index is 10.9. The van der Waals surface area contributed by atoms with Crippen LogP contribution in [0.15, 0.2) is 6.20 Å². The van der Waals surface area contributed by atoms with Gasteiger partial charge < -0.3 is 9.84 Å². The molecule has 4 aliphatic carbocycles. The van der Waals surface area contributed by atoms with Crippen LogP contribution in [-0.2, 0) is 7.05 Å². The topological polar surface area (TPSA) is 59.3 Å². The SMILES string of the molecule is Cn1ncc(C(O)NCC2CCC3CC2(C)C3(C)C)c1OCC1CCCCC1. The summed E-state index contributed by atoms with van der Waals surface area (Å²) < 4.78 is 7.90. The third kappa shape index (κ3) is 3.39. The van der Waals surface area contributed by atoms with Gasteiger partial charge in [-0.05, 0) is 60.7 Å². The molecule has 4 unspecified atom stereocenters. The van der Waals surface area contributed by atoms with Crippen molar-refractivity contribution >= 4 is 0 Å². The molecule has 2 bridgehead atoms. The van der Waals surface area contributed by atoms with Gasteiger partial charge in [0.1, 0.15) is 6.23 Å². The van der Waals surface area contributed by atoms with Gasteiger partial charge in [-0.25, -0.2) is 4.68 Å². The summed E-state index contributed by atoms with van der Waals surface area (Å²) in [7, 11) is 1.89. The predicted octanol–water partition coefficient (Wildman–Crippen LogP) is 4.42. The molecule has 4 saturated carbocycles.